The minimum Gasteiger partial charge on any atom is -0.381 e. The van der Waals surface area contributed by atoms with Crippen LogP contribution in [0.1, 0.15) is 70.7 Å². The van der Waals surface area contributed by atoms with Gasteiger partial charge in [0.1, 0.15) is 18.7 Å². The van der Waals surface area contributed by atoms with E-state index in [1.165, 1.54) is 5.01 Å². The van der Waals surface area contributed by atoms with E-state index in [9.17, 15) is 19.2 Å². The van der Waals surface area contributed by atoms with Crippen molar-refractivity contribution in [1.82, 2.24) is 26.1 Å². The number of hydrogen-bond donors (Lipinski definition) is 3. The number of hydrogen-bond acceptors (Lipinski definition) is 8. The van der Waals surface area contributed by atoms with E-state index in [0.29, 0.717) is 32.4 Å². The molecule has 3 N–H and O–H groups in total. The molecule has 232 valence electrons. The van der Waals surface area contributed by atoms with Gasteiger partial charge in [-0.25, -0.2) is 5.43 Å². The second kappa shape index (κ2) is 15.2. The fourth-order valence-electron chi connectivity index (χ4n) is 5.10. The van der Waals surface area contributed by atoms with E-state index in [0.717, 1.165) is 22.0 Å². The Kier molecular flexibility index (Phi) is 11.4. The van der Waals surface area contributed by atoms with E-state index in [-0.39, 0.29) is 49.3 Å². The highest BCUT2D eigenvalue weighted by Gasteiger charge is 2.32. The normalized spacial score (nSPS) is 26.5. The molecule has 4 rings (SSSR count). The van der Waals surface area contributed by atoms with Gasteiger partial charge in [0.25, 0.3) is 5.91 Å². The number of carbonyl (C=O) groups excluding carboxylic acids is 4. The lowest BCUT2D eigenvalue weighted by atomic mass is 10.0. The number of benzene rings is 1. The molecule has 2 aliphatic heterocycles. The topological polar surface area (TPSA) is 139 Å². The van der Waals surface area contributed by atoms with Crippen LogP contribution < -0.4 is 16.1 Å². The molecule has 11 heteroatoms. The van der Waals surface area contributed by atoms with E-state index in [4.69, 9.17) is 9.47 Å². The summed E-state index contributed by atoms with van der Waals surface area (Å²) in [7, 11) is 0. The molecule has 11 nitrogen and oxygen atoms in total. The largest absolute Gasteiger partial charge is 0.381 e. The summed E-state index contributed by atoms with van der Waals surface area (Å²) in [5, 5.41) is 8.91. The van der Waals surface area contributed by atoms with Gasteiger partial charge < -0.3 is 20.1 Å². The van der Waals surface area contributed by atoms with Gasteiger partial charge in [-0.2, -0.15) is 0 Å². The zero-order chi connectivity index (χ0) is 30.9. The van der Waals surface area contributed by atoms with Gasteiger partial charge in [-0.3, -0.25) is 29.2 Å². The molecule has 0 aliphatic carbocycles. The van der Waals surface area contributed by atoms with Crippen LogP contribution in [-0.2, 0) is 28.7 Å². The van der Waals surface area contributed by atoms with E-state index in [2.05, 4.69) is 21.0 Å². The SMILES string of the molecule is CC(C)[C@@H]1NC(=O)CCOCC/C=C/c2cc3cc(ccc3cn2)[C@@H](C)OCC(=O)[C@@H]2CCCN(N2)C(=O)[C@H](C)NC1=O. The number of nitrogens with zero attached hydrogens (tertiary/aromatic N) is 2. The molecule has 3 heterocycles. The summed E-state index contributed by atoms with van der Waals surface area (Å²) in [6.45, 7) is 8.12. The van der Waals surface area contributed by atoms with Crippen LogP contribution >= 0.6 is 0 Å². The van der Waals surface area contributed by atoms with Gasteiger partial charge >= 0.3 is 0 Å². The van der Waals surface area contributed by atoms with Crippen molar-refractivity contribution < 1.29 is 28.7 Å². The standard InChI is InChI=1S/C32H43N5O6/c1-20(2)30-31(40)34-21(3)32(41)37-13-7-9-27(36-37)28(38)19-43-22(4)23-10-11-24-18-33-26(17-25(24)16-23)8-5-6-14-42-15-12-29(39)35-30/h5,8,10-11,16-18,20-22,27,30,36H,6-7,9,12-15,19H2,1-4H3,(H,34,40)(H,35,39)/b8-5+/t21-,22+,27-,30-/m0/s1. The van der Waals surface area contributed by atoms with Crippen molar-refractivity contribution in [1.29, 1.82) is 0 Å². The zero-order valence-electron chi connectivity index (χ0n) is 25.4. The van der Waals surface area contributed by atoms with Gasteiger partial charge in [0.15, 0.2) is 5.78 Å². The molecular formula is C32H43N5O6. The number of rotatable bonds is 1. The van der Waals surface area contributed by atoms with Crippen LogP contribution in [0.5, 0.6) is 0 Å². The third-order valence-electron chi connectivity index (χ3n) is 7.74. The Labute approximate surface area is 252 Å². The van der Waals surface area contributed by atoms with Gasteiger partial charge in [0.05, 0.1) is 31.1 Å². The summed E-state index contributed by atoms with van der Waals surface area (Å²) in [5.74, 6) is -1.45. The van der Waals surface area contributed by atoms with Crippen molar-refractivity contribution in [3.63, 3.8) is 0 Å². The monoisotopic (exact) mass is 593 g/mol. The molecule has 0 saturated carbocycles. The molecule has 0 unspecified atom stereocenters. The first-order valence-corrected chi connectivity index (χ1v) is 15.1. The lowest BCUT2D eigenvalue weighted by molar-refractivity contribution is -0.144. The van der Waals surface area contributed by atoms with Crippen molar-refractivity contribution in [2.75, 3.05) is 26.4 Å². The third-order valence-corrected chi connectivity index (χ3v) is 7.74. The van der Waals surface area contributed by atoms with E-state index in [1.807, 2.05) is 63.4 Å². The Bertz CT molecular complexity index is 1340. The maximum atomic E-state index is 13.2. The lowest BCUT2D eigenvalue weighted by Gasteiger charge is -2.35. The highest BCUT2D eigenvalue weighted by Crippen LogP contribution is 2.23. The molecule has 1 fully saturated rings. The summed E-state index contributed by atoms with van der Waals surface area (Å²) in [5.41, 5.74) is 4.78. The Morgan fingerprint density at radius 3 is 2.63 bits per heavy atom. The summed E-state index contributed by atoms with van der Waals surface area (Å²) in [6.07, 6.45) is 7.38. The average molecular weight is 594 g/mol. The molecule has 5 bridgehead atoms. The van der Waals surface area contributed by atoms with Crippen molar-refractivity contribution in [2.45, 2.75) is 77.6 Å². The number of pyridine rings is 1. The molecule has 43 heavy (non-hydrogen) atoms. The van der Waals surface area contributed by atoms with Crippen molar-refractivity contribution in [3.8, 4) is 0 Å². The number of ketones is 1. The van der Waals surface area contributed by atoms with Gasteiger partial charge in [-0.15, -0.1) is 0 Å². The summed E-state index contributed by atoms with van der Waals surface area (Å²) in [4.78, 5) is 56.4. The third kappa shape index (κ3) is 8.92. The van der Waals surface area contributed by atoms with Crippen LogP contribution in [0.15, 0.2) is 36.5 Å². The van der Waals surface area contributed by atoms with Crippen molar-refractivity contribution in [2.24, 2.45) is 5.92 Å². The first-order chi connectivity index (χ1) is 20.6. The smallest absolute Gasteiger partial charge is 0.258 e. The quantitative estimate of drug-likeness (QED) is 0.459. The van der Waals surface area contributed by atoms with Gasteiger partial charge in [0, 0.05) is 24.5 Å². The second-order valence-electron chi connectivity index (χ2n) is 11.5. The number of carbonyl (C=O) groups is 4. The van der Waals surface area contributed by atoms with Crippen LogP contribution in [-0.4, -0.2) is 78.0 Å². The van der Waals surface area contributed by atoms with Gasteiger partial charge in [-0.1, -0.05) is 32.1 Å². The molecular weight excluding hydrogens is 550 g/mol. The van der Waals surface area contributed by atoms with Crippen molar-refractivity contribution in [3.05, 3.63) is 47.8 Å². The number of aromatic nitrogens is 1. The highest BCUT2D eigenvalue weighted by molar-refractivity contribution is 5.92. The maximum absolute atomic E-state index is 13.2. The molecule has 4 atom stereocenters. The number of nitrogens with one attached hydrogen (secondary N) is 3. The number of fused-ring (bicyclic) bond motifs is 4. The molecule has 2 aromatic rings. The minimum absolute atomic E-state index is 0.104. The highest BCUT2D eigenvalue weighted by atomic mass is 16.5. The average Bonchev–Trinajstić information content (AvgIpc) is 3.00. The lowest BCUT2D eigenvalue weighted by Crippen LogP contribution is -2.61. The predicted octanol–water partition coefficient (Wildman–Crippen LogP) is 2.85. The number of hydrazine groups is 1. The summed E-state index contributed by atoms with van der Waals surface area (Å²) in [6, 6.07) is 5.76. The van der Waals surface area contributed by atoms with E-state index < -0.39 is 24.0 Å². The first kappa shape index (κ1) is 32.2. The molecule has 0 radical (unpaired) electrons. The molecule has 3 amide bonds. The predicted molar refractivity (Wildman–Crippen MR) is 162 cm³/mol. The zero-order valence-corrected chi connectivity index (χ0v) is 25.4. The van der Waals surface area contributed by atoms with Crippen molar-refractivity contribution >= 4 is 40.4 Å². The Morgan fingerprint density at radius 1 is 1.02 bits per heavy atom. The Hall–Kier alpha value is -3.67. The van der Waals surface area contributed by atoms with Crippen LogP contribution in [0.2, 0.25) is 0 Å². The van der Waals surface area contributed by atoms with Crippen LogP contribution in [0.3, 0.4) is 0 Å². The summed E-state index contributed by atoms with van der Waals surface area (Å²) < 4.78 is 11.6. The van der Waals surface area contributed by atoms with E-state index >= 15 is 0 Å². The number of Topliss-reactive ketones (excluding diaryl/α,β-unsaturated/α-hetero) is 1. The molecule has 0 spiro atoms. The Morgan fingerprint density at radius 2 is 1.84 bits per heavy atom. The summed E-state index contributed by atoms with van der Waals surface area (Å²) >= 11 is 0. The fourth-order valence-corrected chi connectivity index (χ4v) is 5.10. The Balaban J connectivity index is 1.50. The molecule has 1 aromatic heterocycles. The second-order valence-corrected chi connectivity index (χ2v) is 11.5. The van der Waals surface area contributed by atoms with Gasteiger partial charge in [0.2, 0.25) is 11.8 Å². The van der Waals surface area contributed by atoms with Crippen LogP contribution in [0.4, 0.5) is 0 Å². The molecule has 1 saturated heterocycles. The van der Waals surface area contributed by atoms with E-state index in [1.54, 1.807) is 6.92 Å². The maximum Gasteiger partial charge on any atom is 0.258 e. The van der Waals surface area contributed by atoms with Crippen LogP contribution in [0, 0.1) is 5.92 Å². The number of ether oxygens (including phenoxy) is 2. The number of amides is 3. The first-order valence-electron chi connectivity index (χ1n) is 15.1. The minimum atomic E-state index is -0.859. The van der Waals surface area contributed by atoms with Gasteiger partial charge in [-0.05, 0) is 68.2 Å². The molecule has 2 aliphatic rings. The molecule has 1 aromatic carbocycles. The fraction of sp³-hybridized carbons (Fsp3) is 0.531. The van der Waals surface area contributed by atoms with Crippen LogP contribution in [0.25, 0.3) is 16.8 Å².